The summed E-state index contributed by atoms with van der Waals surface area (Å²) in [6.45, 7) is 1.78. The molecule has 29 heavy (non-hydrogen) atoms. The molecule has 0 saturated heterocycles. The summed E-state index contributed by atoms with van der Waals surface area (Å²) in [7, 11) is 1.62. The Morgan fingerprint density at radius 2 is 1.79 bits per heavy atom. The van der Waals surface area contributed by atoms with Crippen molar-refractivity contribution < 1.29 is 18.7 Å². The third-order valence-electron chi connectivity index (χ3n) is 4.10. The van der Waals surface area contributed by atoms with E-state index in [9.17, 15) is 9.59 Å². The van der Waals surface area contributed by atoms with Crippen molar-refractivity contribution in [3.05, 3.63) is 65.5 Å². The van der Waals surface area contributed by atoms with Gasteiger partial charge in [0.1, 0.15) is 5.75 Å². The Labute approximate surface area is 172 Å². The van der Waals surface area contributed by atoms with Crippen molar-refractivity contribution in [3.8, 4) is 5.75 Å². The Balaban J connectivity index is 1.52. The largest absolute Gasteiger partial charge is 0.497 e. The summed E-state index contributed by atoms with van der Waals surface area (Å²) in [5.41, 5.74) is 2.25. The molecule has 2 aromatic carbocycles. The van der Waals surface area contributed by atoms with Gasteiger partial charge < -0.3 is 14.5 Å². The third kappa shape index (κ3) is 5.92. The number of aromatic nitrogens is 2. The van der Waals surface area contributed by atoms with Crippen LogP contribution in [0.5, 0.6) is 5.75 Å². The van der Waals surface area contributed by atoms with Gasteiger partial charge in [0.15, 0.2) is 5.78 Å². The van der Waals surface area contributed by atoms with Crippen LogP contribution in [0.1, 0.15) is 35.2 Å². The normalized spacial score (nSPS) is 10.6. The quantitative estimate of drug-likeness (QED) is 0.420. The van der Waals surface area contributed by atoms with Crippen LogP contribution >= 0.6 is 11.8 Å². The maximum absolute atomic E-state index is 12.4. The van der Waals surface area contributed by atoms with Crippen LogP contribution in [0, 0.1) is 0 Å². The van der Waals surface area contributed by atoms with Gasteiger partial charge in [-0.05, 0) is 42.0 Å². The number of nitrogens with zero attached hydrogens (tertiary/aromatic N) is 2. The Bertz CT molecular complexity index is 968. The molecule has 0 aliphatic rings. The minimum absolute atomic E-state index is 0.0572. The molecule has 150 valence electrons. The maximum atomic E-state index is 12.4. The van der Waals surface area contributed by atoms with Crippen molar-refractivity contribution in [2.45, 2.75) is 25.0 Å². The van der Waals surface area contributed by atoms with Gasteiger partial charge in [-0.1, -0.05) is 30.8 Å². The van der Waals surface area contributed by atoms with Crippen LogP contribution in [0.4, 0.5) is 5.69 Å². The van der Waals surface area contributed by atoms with Crippen molar-refractivity contribution >= 4 is 29.1 Å². The maximum Gasteiger partial charge on any atom is 0.277 e. The molecule has 1 aromatic heterocycles. The number of ketones is 1. The number of benzene rings is 2. The first kappa shape index (κ1) is 20.6. The van der Waals surface area contributed by atoms with Crippen molar-refractivity contribution in [2.75, 3.05) is 18.2 Å². The summed E-state index contributed by atoms with van der Waals surface area (Å²) < 4.78 is 10.8. The number of nitrogens with one attached hydrogen (secondary N) is 1. The molecule has 0 aliphatic heterocycles. The van der Waals surface area contributed by atoms with Crippen LogP contribution in [0.3, 0.4) is 0 Å². The molecule has 0 saturated carbocycles. The van der Waals surface area contributed by atoms with Gasteiger partial charge in [-0.3, -0.25) is 9.59 Å². The first-order chi connectivity index (χ1) is 14.1. The fourth-order valence-electron chi connectivity index (χ4n) is 2.49. The summed E-state index contributed by atoms with van der Waals surface area (Å²) >= 11 is 1.20. The second-order valence-electron chi connectivity index (χ2n) is 6.18. The highest BCUT2D eigenvalue weighted by molar-refractivity contribution is 7.99. The van der Waals surface area contributed by atoms with Gasteiger partial charge in [-0.2, -0.15) is 0 Å². The standard InChI is InChI=1S/C21H21N3O4S/c1-3-19(26)22-16-8-6-15(7-9-16)18(25)13-29-21-24-23-20(28-21)12-14-4-10-17(27-2)11-5-14/h4-11H,3,12-13H2,1-2H3,(H,22,26). The Morgan fingerprint density at radius 1 is 1.07 bits per heavy atom. The van der Waals surface area contributed by atoms with Crippen molar-refractivity contribution in [1.82, 2.24) is 10.2 Å². The minimum Gasteiger partial charge on any atom is -0.497 e. The van der Waals surface area contributed by atoms with Crippen LogP contribution in [-0.2, 0) is 11.2 Å². The number of ether oxygens (including phenoxy) is 1. The van der Waals surface area contributed by atoms with Crippen LogP contribution in [0.25, 0.3) is 0 Å². The summed E-state index contributed by atoms with van der Waals surface area (Å²) in [6.07, 6.45) is 0.915. The molecule has 0 fully saturated rings. The van der Waals surface area contributed by atoms with E-state index in [4.69, 9.17) is 9.15 Å². The predicted octanol–water partition coefficient (Wildman–Crippen LogP) is 3.99. The molecule has 0 unspecified atom stereocenters. The number of thioether (sulfide) groups is 1. The van der Waals surface area contributed by atoms with E-state index in [2.05, 4.69) is 15.5 Å². The van der Waals surface area contributed by atoms with E-state index in [1.807, 2.05) is 24.3 Å². The molecule has 1 heterocycles. The molecule has 8 heteroatoms. The number of Topliss-reactive ketones (excluding diaryl/α,β-unsaturated/α-hetero) is 1. The molecule has 0 aliphatic carbocycles. The van der Waals surface area contributed by atoms with Crippen LogP contribution in [-0.4, -0.2) is 34.8 Å². The van der Waals surface area contributed by atoms with Crippen molar-refractivity contribution in [2.24, 2.45) is 0 Å². The highest BCUT2D eigenvalue weighted by Crippen LogP contribution is 2.21. The molecule has 1 N–H and O–H groups in total. The Morgan fingerprint density at radius 3 is 2.45 bits per heavy atom. The van der Waals surface area contributed by atoms with E-state index in [1.54, 1.807) is 38.3 Å². The summed E-state index contributed by atoms with van der Waals surface area (Å²) in [5, 5.41) is 11.1. The van der Waals surface area contributed by atoms with Crippen LogP contribution in [0.2, 0.25) is 0 Å². The third-order valence-corrected chi connectivity index (χ3v) is 4.92. The molecular formula is C21H21N3O4S. The number of hydrogen-bond donors (Lipinski definition) is 1. The van der Waals surface area contributed by atoms with Gasteiger partial charge >= 0.3 is 0 Å². The second kappa shape index (κ2) is 9.88. The molecule has 0 atom stereocenters. The van der Waals surface area contributed by atoms with E-state index in [0.29, 0.717) is 35.2 Å². The van der Waals surface area contributed by atoms with Crippen LogP contribution in [0.15, 0.2) is 58.2 Å². The molecule has 0 bridgehead atoms. The number of hydrogen-bond acceptors (Lipinski definition) is 7. The predicted molar refractivity (Wildman–Crippen MR) is 111 cm³/mol. The van der Waals surface area contributed by atoms with Gasteiger partial charge in [0, 0.05) is 17.7 Å². The molecule has 0 spiro atoms. The fourth-order valence-corrected chi connectivity index (χ4v) is 3.16. The van der Waals surface area contributed by atoms with E-state index in [0.717, 1.165) is 11.3 Å². The van der Waals surface area contributed by atoms with E-state index >= 15 is 0 Å². The number of rotatable bonds is 9. The Kier molecular flexibility index (Phi) is 7.02. The first-order valence-corrected chi connectivity index (χ1v) is 10.1. The van der Waals surface area contributed by atoms with E-state index in [1.165, 1.54) is 11.8 Å². The number of amides is 1. The summed E-state index contributed by atoms with van der Waals surface area (Å²) in [4.78, 5) is 23.8. The van der Waals surface area contributed by atoms with Crippen molar-refractivity contribution in [3.63, 3.8) is 0 Å². The molecule has 7 nitrogen and oxygen atoms in total. The average molecular weight is 411 g/mol. The van der Waals surface area contributed by atoms with Gasteiger partial charge in [-0.15, -0.1) is 10.2 Å². The highest BCUT2D eigenvalue weighted by Gasteiger charge is 2.12. The van der Waals surface area contributed by atoms with Gasteiger partial charge in [-0.25, -0.2) is 0 Å². The molecule has 0 radical (unpaired) electrons. The molecule has 3 aromatic rings. The zero-order chi connectivity index (χ0) is 20.6. The topological polar surface area (TPSA) is 94.3 Å². The zero-order valence-corrected chi connectivity index (χ0v) is 17.0. The highest BCUT2D eigenvalue weighted by atomic mass is 32.2. The summed E-state index contributed by atoms with van der Waals surface area (Å²) in [6, 6.07) is 14.4. The Hall–Kier alpha value is -3.13. The monoisotopic (exact) mass is 411 g/mol. The lowest BCUT2D eigenvalue weighted by molar-refractivity contribution is -0.115. The van der Waals surface area contributed by atoms with E-state index in [-0.39, 0.29) is 17.4 Å². The van der Waals surface area contributed by atoms with Crippen LogP contribution < -0.4 is 10.1 Å². The molecule has 3 rings (SSSR count). The number of anilines is 1. The van der Waals surface area contributed by atoms with Gasteiger partial charge in [0.25, 0.3) is 5.22 Å². The summed E-state index contributed by atoms with van der Waals surface area (Å²) in [5.74, 6) is 1.33. The molecular weight excluding hydrogens is 390 g/mol. The van der Waals surface area contributed by atoms with Gasteiger partial charge in [0.05, 0.1) is 19.3 Å². The lowest BCUT2D eigenvalue weighted by Crippen LogP contribution is -2.09. The number of carbonyl (C=O) groups excluding carboxylic acids is 2. The van der Waals surface area contributed by atoms with Gasteiger partial charge in [0.2, 0.25) is 11.8 Å². The average Bonchev–Trinajstić information content (AvgIpc) is 3.20. The lowest BCUT2D eigenvalue weighted by atomic mass is 10.1. The number of methoxy groups -OCH3 is 1. The SMILES string of the molecule is CCC(=O)Nc1ccc(C(=O)CSc2nnc(Cc3ccc(OC)cc3)o2)cc1. The fraction of sp³-hybridized carbons (Fsp3) is 0.238. The molecule has 1 amide bonds. The zero-order valence-electron chi connectivity index (χ0n) is 16.2. The van der Waals surface area contributed by atoms with E-state index < -0.39 is 0 Å². The number of carbonyl (C=O) groups is 2. The second-order valence-corrected chi connectivity index (χ2v) is 7.10. The smallest absolute Gasteiger partial charge is 0.277 e. The lowest BCUT2D eigenvalue weighted by Gasteiger charge is -2.04. The van der Waals surface area contributed by atoms with Crippen molar-refractivity contribution in [1.29, 1.82) is 0 Å². The minimum atomic E-state index is -0.0681. The first-order valence-electron chi connectivity index (χ1n) is 9.08.